The van der Waals surface area contributed by atoms with E-state index in [1.54, 1.807) is 0 Å². The average molecular weight is 396 g/mol. The van der Waals surface area contributed by atoms with Crippen molar-refractivity contribution in [1.29, 1.82) is 0 Å². The molecule has 0 aliphatic carbocycles. The summed E-state index contributed by atoms with van der Waals surface area (Å²) in [7, 11) is 2.75. The number of hydrogen-bond acceptors (Lipinski definition) is 4. The third-order valence-electron chi connectivity index (χ3n) is 3.86. The molecule has 0 aliphatic rings. The van der Waals surface area contributed by atoms with Crippen molar-refractivity contribution in [2.24, 2.45) is 5.73 Å². The Morgan fingerprint density at radius 1 is 1.11 bits per heavy atom. The molecule has 2 N–H and O–H groups in total. The summed E-state index contributed by atoms with van der Waals surface area (Å²) in [6.07, 6.45) is -4.51. The number of rotatable bonds is 7. The van der Waals surface area contributed by atoms with E-state index in [4.69, 9.17) is 15.2 Å². The molecule has 0 fully saturated rings. The monoisotopic (exact) mass is 396 g/mol. The fourth-order valence-electron chi connectivity index (χ4n) is 2.55. The highest BCUT2D eigenvalue weighted by atomic mass is 19.4. The van der Waals surface area contributed by atoms with Crippen molar-refractivity contribution in [2.75, 3.05) is 20.8 Å². The van der Waals surface area contributed by atoms with Gasteiger partial charge in [0.1, 0.15) is 0 Å². The van der Waals surface area contributed by atoms with E-state index < -0.39 is 23.6 Å². The van der Waals surface area contributed by atoms with Gasteiger partial charge < -0.3 is 20.1 Å². The topological polar surface area (TPSA) is 81.9 Å². The zero-order valence-electron chi connectivity index (χ0n) is 15.2. The lowest BCUT2D eigenvalue weighted by molar-refractivity contribution is -0.138. The lowest BCUT2D eigenvalue weighted by atomic mass is 10.1. The second-order valence-corrected chi connectivity index (χ2v) is 5.94. The molecule has 0 saturated carbocycles. The zero-order valence-corrected chi connectivity index (χ0v) is 15.2. The van der Waals surface area contributed by atoms with E-state index in [2.05, 4.69) is 0 Å². The zero-order chi connectivity index (χ0) is 20.9. The summed E-state index contributed by atoms with van der Waals surface area (Å²) < 4.78 is 49.7. The Morgan fingerprint density at radius 2 is 1.79 bits per heavy atom. The van der Waals surface area contributed by atoms with Crippen LogP contribution in [-0.2, 0) is 17.5 Å². The number of methoxy groups -OCH3 is 1. The van der Waals surface area contributed by atoms with Gasteiger partial charge in [0, 0.05) is 19.2 Å². The van der Waals surface area contributed by atoms with Crippen molar-refractivity contribution in [3.63, 3.8) is 0 Å². The van der Waals surface area contributed by atoms with Gasteiger partial charge in [0.2, 0.25) is 0 Å². The van der Waals surface area contributed by atoms with Crippen LogP contribution in [0.5, 0.6) is 11.5 Å². The molecule has 0 atom stereocenters. The fourth-order valence-corrected chi connectivity index (χ4v) is 2.55. The molecule has 0 bridgehead atoms. The number of ether oxygens (including phenoxy) is 2. The number of hydrogen-bond donors (Lipinski definition) is 1. The van der Waals surface area contributed by atoms with Crippen LogP contribution >= 0.6 is 0 Å². The first kappa shape index (κ1) is 21.1. The molecule has 0 aromatic heterocycles. The number of nitrogens with zero attached hydrogens (tertiary/aromatic N) is 1. The van der Waals surface area contributed by atoms with E-state index >= 15 is 0 Å². The number of nitrogens with two attached hydrogens (primary N) is 1. The van der Waals surface area contributed by atoms with Crippen LogP contribution in [-0.4, -0.2) is 37.5 Å². The second kappa shape index (κ2) is 8.64. The van der Waals surface area contributed by atoms with Crippen LogP contribution in [0.25, 0.3) is 0 Å². The lowest BCUT2D eigenvalue weighted by Crippen LogP contribution is -2.27. The summed E-state index contributed by atoms with van der Waals surface area (Å²) in [6, 6.07) is 9.31. The van der Waals surface area contributed by atoms with E-state index in [0.29, 0.717) is 0 Å². The van der Waals surface area contributed by atoms with Gasteiger partial charge in [0.25, 0.3) is 11.8 Å². The molecule has 0 saturated heterocycles. The molecule has 0 aliphatic heterocycles. The molecule has 9 heteroatoms. The molecule has 2 aromatic carbocycles. The van der Waals surface area contributed by atoms with Crippen molar-refractivity contribution in [3.8, 4) is 11.5 Å². The minimum absolute atomic E-state index is 0.0146. The summed E-state index contributed by atoms with van der Waals surface area (Å²) in [5, 5.41) is 0. The van der Waals surface area contributed by atoms with E-state index in [1.165, 1.54) is 55.5 Å². The fraction of sp³-hybridized carbons (Fsp3) is 0.263. The van der Waals surface area contributed by atoms with Crippen molar-refractivity contribution in [3.05, 3.63) is 59.2 Å². The highest BCUT2D eigenvalue weighted by Crippen LogP contribution is 2.33. The summed E-state index contributed by atoms with van der Waals surface area (Å²) in [5.74, 6) is -0.777. The minimum atomic E-state index is -4.51. The van der Waals surface area contributed by atoms with Crippen LogP contribution in [0, 0.1) is 0 Å². The Labute approximate surface area is 159 Å². The maximum Gasteiger partial charge on any atom is 0.416 e. The van der Waals surface area contributed by atoms with Crippen LogP contribution < -0.4 is 15.2 Å². The Bertz CT molecular complexity index is 868. The third kappa shape index (κ3) is 5.15. The van der Waals surface area contributed by atoms with Crippen LogP contribution in [0.15, 0.2) is 42.5 Å². The van der Waals surface area contributed by atoms with Gasteiger partial charge in [-0.1, -0.05) is 18.2 Å². The summed E-state index contributed by atoms with van der Waals surface area (Å²) in [6.45, 7) is -0.589. The molecular weight excluding hydrogens is 377 g/mol. The van der Waals surface area contributed by atoms with Crippen molar-refractivity contribution in [2.45, 2.75) is 12.7 Å². The van der Waals surface area contributed by atoms with E-state index in [-0.39, 0.29) is 35.8 Å². The molecule has 0 radical (unpaired) electrons. The van der Waals surface area contributed by atoms with Gasteiger partial charge in [-0.2, -0.15) is 13.2 Å². The Hall–Kier alpha value is -3.23. The van der Waals surface area contributed by atoms with Gasteiger partial charge in [0.05, 0.1) is 12.7 Å². The molecule has 6 nitrogen and oxygen atoms in total. The van der Waals surface area contributed by atoms with E-state index in [0.717, 1.165) is 6.07 Å². The Balaban J connectivity index is 2.21. The van der Waals surface area contributed by atoms with Gasteiger partial charge in [0.15, 0.2) is 18.1 Å². The molecule has 2 amide bonds. The first-order valence-electron chi connectivity index (χ1n) is 8.13. The number of carbonyl (C=O) groups excluding carboxylic acids is 2. The minimum Gasteiger partial charge on any atom is -0.493 e. The number of amides is 2. The number of benzene rings is 2. The SMILES string of the molecule is COc1cc(C(=O)N(C)Cc2ccccc2C(F)(F)F)ccc1OCC(N)=O. The maximum absolute atomic E-state index is 13.1. The maximum atomic E-state index is 13.1. The van der Waals surface area contributed by atoms with Gasteiger partial charge in [-0.05, 0) is 29.8 Å². The molecule has 2 aromatic rings. The second-order valence-electron chi connectivity index (χ2n) is 5.94. The molecular formula is C19H19F3N2O4. The standard InChI is InChI=1S/C19H19F3N2O4/c1-24(10-13-5-3-4-6-14(13)19(20,21)22)18(26)12-7-8-15(16(9-12)27-2)28-11-17(23)25/h3-9H,10-11H2,1-2H3,(H2,23,25). The number of primary amides is 1. The van der Waals surface area contributed by atoms with Crippen LogP contribution in [0.2, 0.25) is 0 Å². The number of alkyl halides is 3. The summed E-state index contributed by atoms with van der Waals surface area (Å²) in [4.78, 5) is 24.6. The average Bonchev–Trinajstić information content (AvgIpc) is 2.65. The van der Waals surface area contributed by atoms with E-state index in [1.807, 2.05) is 0 Å². The normalized spacial score (nSPS) is 11.0. The predicted molar refractivity (Wildman–Crippen MR) is 94.9 cm³/mol. The van der Waals surface area contributed by atoms with Crippen molar-refractivity contribution in [1.82, 2.24) is 4.90 Å². The molecule has 2 rings (SSSR count). The van der Waals surface area contributed by atoms with Crippen LogP contribution in [0.4, 0.5) is 13.2 Å². The first-order chi connectivity index (χ1) is 13.1. The van der Waals surface area contributed by atoms with Gasteiger partial charge >= 0.3 is 6.18 Å². The smallest absolute Gasteiger partial charge is 0.416 e. The molecule has 150 valence electrons. The largest absolute Gasteiger partial charge is 0.493 e. The first-order valence-corrected chi connectivity index (χ1v) is 8.13. The molecule has 0 heterocycles. The van der Waals surface area contributed by atoms with Gasteiger partial charge in [-0.3, -0.25) is 9.59 Å². The quantitative estimate of drug-likeness (QED) is 0.780. The molecule has 0 unspecified atom stereocenters. The molecule has 0 spiro atoms. The highest BCUT2D eigenvalue weighted by Gasteiger charge is 2.33. The third-order valence-corrected chi connectivity index (χ3v) is 3.86. The number of carbonyl (C=O) groups is 2. The predicted octanol–water partition coefficient (Wildman–Crippen LogP) is 2.85. The molecule has 28 heavy (non-hydrogen) atoms. The summed E-state index contributed by atoms with van der Waals surface area (Å²) >= 11 is 0. The lowest BCUT2D eigenvalue weighted by Gasteiger charge is -2.21. The Morgan fingerprint density at radius 3 is 2.39 bits per heavy atom. The number of halogens is 3. The van der Waals surface area contributed by atoms with Crippen molar-refractivity contribution < 1.29 is 32.2 Å². The van der Waals surface area contributed by atoms with Gasteiger partial charge in [-0.25, -0.2) is 0 Å². The van der Waals surface area contributed by atoms with Gasteiger partial charge in [-0.15, -0.1) is 0 Å². The van der Waals surface area contributed by atoms with Crippen molar-refractivity contribution >= 4 is 11.8 Å². The Kier molecular flexibility index (Phi) is 6.50. The van der Waals surface area contributed by atoms with E-state index in [9.17, 15) is 22.8 Å². The van der Waals surface area contributed by atoms with Crippen LogP contribution in [0.3, 0.4) is 0 Å². The van der Waals surface area contributed by atoms with Crippen LogP contribution in [0.1, 0.15) is 21.5 Å². The summed E-state index contributed by atoms with van der Waals surface area (Å²) in [5.41, 5.74) is 4.41. The highest BCUT2D eigenvalue weighted by molar-refractivity contribution is 5.94.